The van der Waals surface area contributed by atoms with Gasteiger partial charge in [0.2, 0.25) is 0 Å². The van der Waals surface area contributed by atoms with Crippen LogP contribution in [-0.2, 0) is 0 Å². The Bertz CT molecular complexity index is 286. The zero-order valence-corrected chi connectivity index (χ0v) is 8.02. The van der Waals surface area contributed by atoms with Gasteiger partial charge in [0.15, 0.2) is 5.78 Å². The zero-order valence-electron chi connectivity index (χ0n) is 7.20. The van der Waals surface area contributed by atoms with Crippen LogP contribution in [0, 0.1) is 0 Å². The second kappa shape index (κ2) is 4.26. The number of aromatic nitrogens is 1. The molecule has 64 valence electrons. The fourth-order valence-electron chi connectivity index (χ4n) is 0.927. The van der Waals surface area contributed by atoms with Crippen molar-refractivity contribution in [3.8, 4) is 0 Å². The first kappa shape index (κ1) is 9.26. The molecule has 0 bridgehead atoms. The second-order valence-electron chi connectivity index (χ2n) is 2.34. The molecule has 0 atom stereocenters. The van der Waals surface area contributed by atoms with Gasteiger partial charge in [0.05, 0.1) is 0 Å². The average molecular weight is 181 g/mol. The Morgan fingerprint density at radius 3 is 3.00 bits per heavy atom. The van der Waals surface area contributed by atoms with E-state index < -0.39 is 0 Å². The van der Waals surface area contributed by atoms with Gasteiger partial charge < -0.3 is 0 Å². The minimum atomic E-state index is 0.0338. The molecule has 0 saturated heterocycles. The highest BCUT2D eigenvalue weighted by Gasteiger charge is 2.06. The monoisotopic (exact) mass is 181 g/mol. The molecule has 3 heteroatoms. The van der Waals surface area contributed by atoms with Crippen LogP contribution in [0.15, 0.2) is 23.2 Å². The summed E-state index contributed by atoms with van der Waals surface area (Å²) in [5.74, 6) is 0.998. The Kier molecular flexibility index (Phi) is 3.29. The summed E-state index contributed by atoms with van der Waals surface area (Å²) in [6.45, 7) is 3.60. The number of pyridine rings is 1. The van der Waals surface area contributed by atoms with E-state index in [9.17, 15) is 4.79 Å². The van der Waals surface area contributed by atoms with Gasteiger partial charge in [-0.25, -0.2) is 0 Å². The largest absolute Gasteiger partial charge is 0.293 e. The van der Waals surface area contributed by atoms with Gasteiger partial charge in [0, 0.05) is 18.0 Å². The first-order valence-corrected chi connectivity index (χ1v) is 4.83. The van der Waals surface area contributed by atoms with Gasteiger partial charge in [-0.1, -0.05) is 6.92 Å². The number of hydrogen-bond donors (Lipinski definition) is 0. The molecule has 1 aromatic heterocycles. The molecule has 0 radical (unpaired) electrons. The molecule has 12 heavy (non-hydrogen) atoms. The lowest BCUT2D eigenvalue weighted by Gasteiger charge is -2.01. The number of ketones is 1. The molecular formula is C9H11NOS. The lowest BCUT2D eigenvalue weighted by atomic mass is 10.3. The summed E-state index contributed by atoms with van der Waals surface area (Å²) >= 11 is 1.65. The molecule has 0 aromatic carbocycles. The predicted octanol–water partition coefficient (Wildman–Crippen LogP) is 2.40. The van der Waals surface area contributed by atoms with Crippen LogP contribution < -0.4 is 0 Å². The maximum atomic E-state index is 11.1. The van der Waals surface area contributed by atoms with Crippen LogP contribution in [0.2, 0.25) is 0 Å². The molecule has 0 spiro atoms. The highest BCUT2D eigenvalue weighted by molar-refractivity contribution is 7.99. The van der Waals surface area contributed by atoms with Crippen LogP contribution in [0.25, 0.3) is 0 Å². The van der Waals surface area contributed by atoms with Crippen LogP contribution in [-0.4, -0.2) is 16.5 Å². The molecule has 0 amide bonds. The molecular weight excluding hydrogens is 170 g/mol. The lowest BCUT2D eigenvalue weighted by Crippen LogP contribution is -1.98. The fourth-order valence-corrected chi connectivity index (χ4v) is 1.75. The van der Waals surface area contributed by atoms with Crippen LogP contribution >= 0.6 is 11.8 Å². The van der Waals surface area contributed by atoms with Crippen LogP contribution in [0.5, 0.6) is 0 Å². The van der Waals surface area contributed by atoms with E-state index in [1.165, 1.54) is 0 Å². The number of nitrogens with zero attached hydrogens (tertiary/aromatic N) is 1. The molecule has 0 fully saturated rings. The van der Waals surface area contributed by atoms with Crippen molar-refractivity contribution in [2.45, 2.75) is 18.7 Å². The first-order chi connectivity index (χ1) is 5.75. The third-order valence-corrected chi connectivity index (χ3v) is 2.33. The number of rotatable bonds is 3. The van der Waals surface area contributed by atoms with Crippen LogP contribution in [0.1, 0.15) is 24.3 Å². The summed E-state index contributed by atoms with van der Waals surface area (Å²) in [5.41, 5.74) is 0.587. The van der Waals surface area contributed by atoms with Gasteiger partial charge in [-0.2, -0.15) is 0 Å². The summed E-state index contributed by atoms with van der Waals surface area (Å²) in [6, 6.07) is 3.78. The number of carbonyl (C=O) groups is 1. The number of carbonyl (C=O) groups excluding carboxylic acids is 1. The summed E-state index contributed by atoms with van der Waals surface area (Å²) in [6.07, 6.45) is 1.65. The van der Waals surface area contributed by atoms with E-state index in [-0.39, 0.29) is 5.78 Å². The van der Waals surface area contributed by atoms with Crippen molar-refractivity contribution in [2.75, 3.05) is 5.75 Å². The molecule has 0 N–H and O–H groups in total. The smallest absolute Gasteiger partial charge is 0.179 e. The van der Waals surface area contributed by atoms with Gasteiger partial charge in [-0.15, -0.1) is 11.8 Å². The van der Waals surface area contributed by atoms with E-state index in [0.29, 0.717) is 5.69 Å². The van der Waals surface area contributed by atoms with Gasteiger partial charge in [-0.05, 0) is 17.9 Å². The van der Waals surface area contributed by atoms with E-state index in [4.69, 9.17) is 0 Å². The maximum absolute atomic E-state index is 11.1. The third kappa shape index (κ3) is 2.08. The SMILES string of the molecule is CCSc1cccnc1C(C)=O. The molecule has 0 aliphatic carbocycles. The van der Waals surface area contributed by atoms with Crippen LogP contribution in [0.4, 0.5) is 0 Å². The number of thioether (sulfide) groups is 1. The first-order valence-electron chi connectivity index (χ1n) is 3.84. The molecule has 1 heterocycles. The quantitative estimate of drug-likeness (QED) is 0.529. The third-order valence-electron chi connectivity index (χ3n) is 1.40. The van der Waals surface area contributed by atoms with Crippen molar-refractivity contribution in [1.29, 1.82) is 0 Å². The molecule has 1 rings (SSSR count). The normalized spacial score (nSPS) is 9.83. The second-order valence-corrected chi connectivity index (χ2v) is 3.65. The van der Waals surface area contributed by atoms with Crippen molar-refractivity contribution in [2.24, 2.45) is 0 Å². The minimum Gasteiger partial charge on any atom is -0.293 e. The maximum Gasteiger partial charge on any atom is 0.179 e. The van der Waals surface area contributed by atoms with Gasteiger partial charge in [-0.3, -0.25) is 9.78 Å². The highest BCUT2D eigenvalue weighted by atomic mass is 32.2. The summed E-state index contributed by atoms with van der Waals surface area (Å²) in [7, 11) is 0. The van der Waals surface area contributed by atoms with Crippen molar-refractivity contribution in [3.63, 3.8) is 0 Å². The number of Topliss-reactive ketones (excluding diaryl/α,β-unsaturated/α-hetero) is 1. The van der Waals surface area contributed by atoms with Crippen molar-refractivity contribution in [3.05, 3.63) is 24.0 Å². The van der Waals surface area contributed by atoms with E-state index in [0.717, 1.165) is 10.6 Å². The number of hydrogen-bond acceptors (Lipinski definition) is 3. The predicted molar refractivity (Wildman–Crippen MR) is 50.6 cm³/mol. The molecule has 0 saturated carbocycles. The lowest BCUT2D eigenvalue weighted by molar-refractivity contribution is 0.101. The molecule has 0 unspecified atom stereocenters. The van der Waals surface area contributed by atoms with Crippen LogP contribution in [0.3, 0.4) is 0 Å². The summed E-state index contributed by atoms with van der Waals surface area (Å²) in [4.78, 5) is 16.1. The topological polar surface area (TPSA) is 30.0 Å². The summed E-state index contributed by atoms with van der Waals surface area (Å²) < 4.78 is 0. The highest BCUT2D eigenvalue weighted by Crippen LogP contribution is 2.20. The Labute approximate surface area is 76.4 Å². The minimum absolute atomic E-state index is 0.0338. The van der Waals surface area contributed by atoms with Crippen molar-refractivity contribution < 1.29 is 4.79 Å². The molecule has 0 aliphatic rings. The van der Waals surface area contributed by atoms with Gasteiger partial charge in [0.1, 0.15) is 5.69 Å². The van der Waals surface area contributed by atoms with Crippen molar-refractivity contribution in [1.82, 2.24) is 4.98 Å². The Balaban J connectivity index is 3.00. The zero-order chi connectivity index (χ0) is 8.97. The average Bonchev–Trinajstić information content (AvgIpc) is 2.05. The van der Waals surface area contributed by atoms with E-state index in [2.05, 4.69) is 11.9 Å². The van der Waals surface area contributed by atoms with Gasteiger partial charge >= 0.3 is 0 Å². The molecule has 0 aliphatic heterocycles. The van der Waals surface area contributed by atoms with E-state index in [1.807, 2.05) is 12.1 Å². The Morgan fingerprint density at radius 2 is 2.42 bits per heavy atom. The Morgan fingerprint density at radius 1 is 1.67 bits per heavy atom. The van der Waals surface area contributed by atoms with Gasteiger partial charge in [0.25, 0.3) is 0 Å². The standard InChI is InChI=1S/C9H11NOS/c1-3-12-8-5-4-6-10-9(8)7(2)11/h4-6H,3H2,1-2H3. The van der Waals surface area contributed by atoms with E-state index in [1.54, 1.807) is 24.9 Å². The molecule has 2 nitrogen and oxygen atoms in total. The Hall–Kier alpha value is -0.830. The van der Waals surface area contributed by atoms with Crippen molar-refractivity contribution >= 4 is 17.5 Å². The summed E-state index contributed by atoms with van der Waals surface area (Å²) in [5, 5.41) is 0. The van der Waals surface area contributed by atoms with E-state index >= 15 is 0 Å². The molecule has 1 aromatic rings. The fraction of sp³-hybridized carbons (Fsp3) is 0.333.